The summed E-state index contributed by atoms with van der Waals surface area (Å²) in [4.78, 5) is 13.9. The molecule has 0 spiro atoms. The SMILES string of the molecule is Cc1ccc(C(=O)N(C)Cc2cccc(F)c2)cc1Br. The fourth-order valence-corrected chi connectivity index (χ4v) is 2.31. The van der Waals surface area contributed by atoms with Gasteiger partial charge >= 0.3 is 0 Å². The molecular formula is C16H15BrFNO. The van der Waals surface area contributed by atoms with Crippen molar-refractivity contribution in [3.63, 3.8) is 0 Å². The number of carbonyl (C=O) groups is 1. The van der Waals surface area contributed by atoms with Crippen LogP contribution in [0, 0.1) is 12.7 Å². The second-order valence-corrected chi connectivity index (χ2v) is 5.61. The molecule has 0 unspecified atom stereocenters. The molecule has 0 saturated carbocycles. The second kappa shape index (κ2) is 6.18. The Labute approximate surface area is 126 Å². The van der Waals surface area contributed by atoms with E-state index in [4.69, 9.17) is 0 Å². The summed E-state index contributed by atoms with van der Waals surface area (Å²) >= 11 is 3.42. The summed E-state index contributed by atoms with van der Waals surface area (Å²) in [6.45, 7) is 2.34. The highest BCUT2D eigenvalue weighted by atomic mass is 79.9. The number of carbonyl (C=O) groups excluding carboxylic acids is 1. The maximum atomic E-state index is 13.1. The largest absolute Gasteiger partial charge is 0.337 e. The Balaban J connectivity index is 2.14. The van der Waals surface area contributed by atoms with Crippen molar-refractivity contribution in [3.05, 3.63) is 69.4 Å². The minimum atomic E-state index is -0.290. The number of amides is 1. The van der Waals surface area contributed by atoms with Crippen molar-refractivity contribution >= 4 is 21.8 Å². The molecule has 0 fully saturated rings. The highest BCUT2D eigenvalue weighted by Gasteiger charge is 2.13. The first-order valence-electron chi connectivity index (χ1n) is 6.23. The van der Waals surface area contributed by atoms with Crippen molar-refractivity contribution in [2.24, 2.45) is 0 Å². The number of hydrogen-bond donors (Lipinski definition) is 0. The van der Waals surface area contributed by atoms with Crippen LogP contribution in [0.2, 0.25) is 0 Å². The van der Waals surface area contributed by atoms with Gasteiger partial charge in [-0.05, 0) is 42.3 Å². The lowest BCUT2D eigenvalue weighted by molar-refractivity contribution is 0.0785. The molecule has 104 valence electrons. The van der Waals surface area contributed by atoms with Gasteiger partial charge in [-0.15, -0.1) is 0 Å². The topological polar surface area (TPSA) is 20.3 Å². The number of rotatable bonds is 3. The van der Waals surface area contributed by atoms with Gasteiger partial charge in [-0.3, -0.25) is 4.79 Å². The predicted molar refractivity (Wildman–Crippen MR) is 81.1 cm³/mol. The van der Waals surface area contributed by atoms with Crippen LogP contribution in [0.5, 0.6) is 0 Å². The first-order chi connectivity index (χ1) is 9.47. The standard InChI is InChI=1S/C16H15BrFNO/c1-11-6-7-13(9-15(11)17)16(20)19(2)10-12-4-3-5-14(18)8-12/h3-9H,10H2,1-2H3. The zero-order chi connectivity index (χ0) is 14.7. The fourth-order valence-electron chi connectivity index (χ4n) is 1.93. The van der Waals surface area contributed by atoms with Crippen LogP contribution < -0.4 is 0 Å². The van der Waals surface area contributed by atoms with Crippen LogP contribution in [-0.2, 0) is 6.54 Å². The third-order valence-corrected chi connectivity index (χ3v) is 3.93. The van der Waals surface area contributed by atoms with Crippen LogP contribution in [0.3, 0.4) is 0 Å². The van der Waals surface area contributed by atoms with E-state index in [1.165, 1.54) is 12.1 Å². The summed E-state index contributed by atoms with van der Waals surface area (Å²) in [5, 5.41) is 0. The van der Waals surface area contributed by atoms with Gasteiger partial charge in [0, 0.05) is 23.6 Å². The summed E-state index contributed by atoms with van der Waals surface area (Å²) in [5.41, 5.74) is 2.46. The van der Waals surface area contributed by atoms with E-state index in [0.717, 1.165) is 15.6 Å². The van der Waals surface area contributed by atoms with Crippen LogP contribution in [0.25, 0.3) is 0 Å². The molecular weight excluding hydrogens is 321 g/mol. The third kappa shape index (κ3) is 3.45. The van der Waals surface area contributed by atoms with Crippen LogP contribution >= 0.6 is 15.9 Å². The third-order valence-electron chi connectivity index (χ3n) is 3.07. The molecule has 0 N–H and O–H groups in total. The lowest BCUT2D eigenvalue weighted by Gasteiger charge is -2.18. The molecule has 0 atom stereocenters. The molecule has 0 aliphatic carbocycles. The van der Waals surface area contributed by atoms with Gasteiger partial charge in [-0.2, -0.15) is 0 Å². The average Bonchev–Trinajstić information content (AvgIpc) is 2.41. The van der Waals surface area contributed by atoms with Crippen molar-refractivity contribution in [2.75, 3.05) is 7.05 Å². The molecule has 0 saturated heterocycles. The van der Waals surface area contributed by atoms with E-state index in [2.05, 4.69) is 15.9 Å². The highest BCUT2D eigenvalue weighted by molar-refractivity contribution is 9.10. The van der Waals surface area contributed by atoms with Gasteiger partial charge in [-0.25, -0.2) is 4.39 Å². The van der Waals surface area contributed by atoms with E-state index in [-0.39, 0.29) is 11.7 Å². The first kappa shape index (κ1) is 14.7. The molecule has 2 aromatic rings. The summed E-state index contributed by atoms with van der Waals surface area (Å²) < 4.78 is 14.0. The molecule has 1 amide bonds. The van der Waals surface area contributed by atoms with Gasteiger partial charge in [0.25, 0.3) is 5.91 Å². The number of halogens is 2. The van der Waals surface area contributed by atoms with Crippen LogP contribution in [-0.4, -0.2) is 17.9 Å². The van der Waals surface area contributed by atoms with Gasteiger partial charge in [0.15, 0.2) is 0 Å². The number of nitrogens with zero attached hydrogens (tertiary/aromatic N) is 1. The van der Waals surface area contributed by atoms with Gasteiger partial charge in [0.1, 0.15) is 5.82 Å². The molecule has 0 aromatic heterocycles. The normalized spacial score (nSPS) is 10.4. The summed E-state index contributed by atoms with van der Waals surface area (Å²) in [6.07, 6.45) is 0. The minimum Gasteiger partial charge on any atom is -0.337 e. The smallest absolute Gasteiger partial charge is 0.253 e. The quantitative estimate of drug-likeness (QED) is 0.824. The van der Waals surface area contributed by atoms with Crippen molar-refractivity contribution < 1.29 is 9.18 Å². The van der Waals surface area contributed by atoms with Gasteiger partial charge in [0.2, 0.25) is 0 Å². The average molecular weight is 336 g/mol. The Kier molecular flexibility index (Phi) is 4.55. The Bertz CT molecular complexity index is 642. The lowest BCUT2D eigenvalue weighted by Crippen LogP contribution is -2.26. The summed E-state index contributed by atoms with van der Waals surface area (Å²) in [5.74, 6) is -0.378. The minimum absolute atomic E-state index is 0.0880. The van der Waals surface area contributed by atoms with E-state index in [0.29, 0.717) is 12.1 Å². The fraction of sp³-hybridized carbons (Fsp3) is 0.188. The predicted octanol–water partition coefficient (Wildman–Crippen LogP) is 4.17. The number of hydrogen-bond acceptors (Lipinski definition) is 1. The van der Waals surface area contributed by atoms with Crippen molar-refractivity contribution in [2.45, 2.75) is 13.5 Å². The monoisotopic (exact) mass is 335 g/mol. The molecule has 2 rings (SSSR count). The van der Waals surface area contributed by atoms with E-state index in [1.54, 1.807) is 36.2 Å². The molecule has 20 heavy (non-hydrogen) atoms. The van der Waals surface area contributed by atoms with Gasteiger partial charge < -0.3 is 4.90 Å². The maximum absolute atomic E-state index is 13.1. The molecule has 0 aliphatic rings. The molecule has 0 bridgehead atoms. The second-order valence-electron chi connectivity index (χ2n) is 4.76. The van der Waals surface area contributed by atoms with Crippen LogP contribution in [0.15, 0.2) is 46.9 Å². The zero-order valence-corrected chi connectivity index (χ0v) is 12.9. The molecule has 4 heteroatoms. The van der Waals surface area contributed by atoms with Gasteiger partial charge in [0.05, 0.1) is 0 Å². The lowest BCUT2D eigenvalue weighted by atomic mass is 10.1. The summed E-state index contributed by atoms with van der Waals surface area (Å²) in [6, 6.07) is 11.8. The number of benzene rings is 2. The molecule has 0 aliphatic heterocycles. The van der Waals surface area contributed by atoms with Crippen molar-refractivity contribution in [1.29, 1.82) is 0 Å². The Hall–Kier alpha value is -1.68. The molecule has 2 nitrogen and oxygen atoms in total. The van der Waals surface area contributed by atoms with E-state index in [9.17, 15) is 9.18 Å². The van der Waals surface area contributed by atoms with Gasteiger partial charge in [-0.1, -0.05) is 34.1 Å². The Morgan fingerprint density at radius 2 is 2.00 bits per heavy atom. The van der Waals surface area contributed by atoms with E-state index >= 15 is 0 Å². The van der Waals surface area contributed by atoms with Crippen LogP contribution in [0.1, 0.15) is 21.5 Å². The van der Waals surface area contributed by atoms with E-state index < -0.39 is 0 Å². The van der Waals surface area contributed by atoms with E-state index in [1.807, 2.05) is 13.0 Å². The first-order valence-corrected chi connectivity index (χ1v) is 7.03. The zero-order valence-electron chi connectivity index (χ0n) is 11.4. The van der Waals surface area contributed by atoms with Crippen LogP contribution in [0.4, 0.5) is 4.39 Å². The van der Waals surface area contributed by atoms with Crippen molar-refractivity contribution in [3.8, 4) is 0 Å². The highest BCUT2D eigenvalue weighted by Crippen LogP contribution is 2.19. The molecule has 0 heterocycles. The summed E-state index contributed by atoms with van der Waals surface area (Å²) in [7, 11) is 1.71. The molecule has 2 aromatic carbocycles. The Morgan fingerprint density at radius 1 is 1.25 bits per heavy atom. The maximum Gasteiger partial charge on any atom is 0.253 e. The van der Waals surface area contributed by atoms with Crippen molar-refractivity contribution in [1.82, 2.24) is 4.90 Å². The Morgan fingerprint density at radius 3 is 2.65 bits per heavy atom. The molecule has 0 radical (unpaired) electrons. The number of aryl methyl sites for hydroxylation is 1.